The highest BCUT2D eigenvalue weighted by Gasteiger charge is 2.20. The monoisotopic (exact) mass is 459 g/mol. The topological polar surface area (TPSA) is 80.3 Å². The summed E-state index contributed by atoms with van der Waals surface area (Å²) in [7, 11) is 0. The number of likely N-dealkylation sites (N-methyl/N-ethyl adjacent to an activating group) is 1. The minimum atomic E-state index is -0.278. The van der Waals surface area contributed by atoms with Crippen LogP contribution in [0.1, 0.15) is 24.2 Å². The number of imidazole rings is 1. The molecule has 0 radical (unpaired) electrons. The van der Waals surface area contributed by atoms with E-state index in [0.717, 1.165) is 47.8 Å². The van der Waals surface area contributed by atoms with E-state index < -0.39 is 0 Å². The van der Waals surface area contributed by atoms with Crippen LogP contribution in [-0.4, -0.2) is 54.6 Å². The molecule has 5 aromatic rings. The Balaban J connectivity index is 1.48. The maximum absolute atomic E-state index is 13.3. The molecule has 0 aliphatic rings. The number of nitrogens with zero attached hydrogens (tertiary/aromatic N) is 6. The molecule has 1 amide bonds. The molecule has 0 aliphatic carbocycles. The average molecular weight is 460 g/mol. The smallest absolute Gasteiger partial charge is 0.263 e. The summed E-state index contributed by atoms with van der Waals surface area (Å²) in [5.74, 6) is 0.252. The van der Waals surface area contributed by atoms with Crippen LogP contribution < -0.4 is 5.32 Å². The molecule has 1 aromatic carbocycles. The van der Waals surface area contributed by atoms with Crippen molar-refractivity contribution in [1.82, 2.24) is 29.0 Å². The SMILES string of the molecule is CCN(CC)CCn1c(NC(=O)c2cnn3c(-c4cccs4)ccnc23)nc2ccccc21. The van der Waals surface area contributed by atoms with Gasteiger partial charge < -0.3 is 9.47 Å². The van der Waals surface area contributed by atoms with Gasteiger partial charge in [-0.2, -0.15) is 5.10 Å². The molecule has 0 aliphatic heterocycles. The number of fused-ring (bicyclic) bond motifs is 2. The number of thiophene rings is 1. The van der Waals surface area contributed by atoms with Gasteiger partial charge in [0.2, 0.25) is 5.95 Å². The van der Waals surface area contributed by atoms with Crippen LogP contribution in [-0.2, 0) is 6.54 Å². The minimum absolute atomic E-state index is 0.278. The number of hydrogen-bond acceptors (Lipinski definition) is 6. The molecule has 0 atom stereocenters. The first-order valence-electron chi connectivity index (χ1n) is 11.0. The van der Waals surface area contributed by atoms with Gasteiger partial charge in [-0.15, -0.1) is 11.3 Å². The standard InChI is InChI=1S/C24H25N7OS/c1-3-29(4-2)13-14-30-19-9-6-5-8-18(19)27-24(30)28-23(32)17-16-26-31-20(11-12-25-22(17)31)21-10-7-15-33-21/h5-12,15-16H,3-4,13-14H2,1-2H3,(H,27,28,32). The van der Waals surface area contributed by atoms with Crippen molar-refractivity contribution in [1.29, 1.82) is 0 Å². The van der Waals surface area contributed by atoms with E-state index in [1.807, 2.05) is 47.8 Å². The second-order valence-corrected chi connectivity index (χ2v) is 8.61. The summed E-state index contributed by atoms with van der Waals surface area (Å²) in [6.45, 7) is 7.87. The van der Waals surface area contributed by atoms with Crippen molar-refractivity contribution in [2.45, 2.75) is 20.4 Å². The Morgan fingerprint density at radius 2 is 1.97 bits per heavy atom. The number of rotatable bonds is 8. The third-order valence-corrected chi connectivity index (χ3v) is 6.73. The highest BCUT2D eigenvalue weighted by molar-refractivity contribution is 7.13. The quantitative estimate of drug-likeness (QED) is 0.372. The maximum Gasteiger partial charge on any atom is 0.263 e. The van der Waals surface area contributed by atoms with Gasteiger partial charge in [0.25, 0.3) is 5.91 Å². The molecular formula is C24H25N7OS. The van der Waals surface area contributed by atoms with Crippen LogP contribution in [0.5, 0.6) is 0 Å². The van der Waals surface area contributed by atoms with Crippen molar-refractivity contribution in [2.24, 2.45) is 0 Å². The van der Waals surface area contributed by atoms with E-state index in [0.29, 0.717) is 17.2 Å². The normalized spacial score (nSPS) is 11.6. The van der Waals surface area contributed by atoms with Gasteiger partial charge >= 0.3 is 0 Å². The Bertz CT molecular complexity index is 1400. The molecule has 0 fully saturated rings. The lowest BCUT2D eigenvalue weighted by Crippen LogP contribution is -2.27. The summed E-state index contributed by atoms with van der Waals surface area (Å²) in [5, 5.41) is 9.48. The second-order valence-electron chi connectivity index (χ2n) is 7.66. The van der Waals surface area contributed by atoms with E-state index in [1.165, 1.54) is 0 Å². The Morgan fingerprint density at radius 3 is 2.76 bits per heavy atom. The molecule has 4 heterocycles. The number of benzene rings is 1. The highest BCUT2D eigenvalue weighted by atomic mass is 32.1. The molecule has 1 N–H and O–H groups in total. The number of carbonyl (C=O) groups is 1. The van der Waals surface area contributed by atoms with Gasteiger partial charge in [-0.1, -0.05) is 32.0 Å². The number of amides is 1. The summed E-state index contributed by atoms with van der Waals surface area (Å²) < 4.78 is 3.78. The van der Waals surface area contributed by atoms with Crippen molar-refractivity contribution < 1.29 is 4.79 Å². The molecular weight excluding hydrogens is 434 g/mol. The predicted octanol–water partition coefficient (Wildman–Crippen LogP) is 4.40. The Morgan fingerprint density at radius 1 is 1.12 bits per heavy atom. The number of para-hydroxylation sites is 2. The van der Waals surface area contributed by atoms with Crippen LogP contribution in [0.25, 0.3) is 27.3 Å². The van der Waals surface area contributed by atoms with Gasteiger partial charge in [0.15, 0.2) is 5.65 Å². The molecule has 0 unspecified atom stereocenters. The third-order valence-electron chi connectivity index (χ3n) is 5.83. The van der Waals surface area contributed by atoms with E-state index in [9.17, 15) is 4.79 Å². The van der Waals surface area contributed by atoms with Gasteiger partial charge in [0.05, 0.1) is 27.8 Å². The van der Waals surface area contributed by atoms with Crippen LogP contribution in [0.15, 0.2) is 60.2 Å². The zero-order chi connectivity index (χ0) is 22.8. The first kappa shape index (κ1) is 21.3. The van der Waals surface area contributed by atoms with E-state index in [-0.39, 0.29) is 5.91 Å². The zero-order valence-electron chi connectivity index (χ0n) is 18.6. The number of carbonyl (C=O) groups excluding carboxylic acids is 1. The van der Waals surface area contributed by atoms with E-state index in [4.69, 9.17) is 4.98 Å². The molecule has 0 saturated carbocycles. The lowest BCUT2D eigenvalue weighted by atomic mass is 10.3. The van der Waals surface area contributed by atoms with E-state index in [1.54, 1.807) is 28.2 Å². The summed E-state index contributed by atoms with van der Waals surface area (Å²) in [4.78, 5) is 25.8. The molecule has 168 valence electrons. The van der Waals surface area contributed by atoms with Gasteiger partial charge in [-0.3, -0.25) is 10.1 Å². The summed E-state index contributed by atoms with van der Waals surface area (Å²) in [6.07, 6.45) is 3.28. The van der Waals surface area contributed by atoms with Crippen LogP contribution in [0, 0.1) is 0 Å². The molecule has 5 rings (SSSR count). The number of anilines is 1. The van der Waals surface area contributed by atoms with Crippen molar-refractivity contribution in [2.75, 3.05) is 25.0 Å². The summed E-state index contributed by atoms with van der Waals surface area (Å²) >= 11 is 1.62. The lowest BCUT2D eigenvalue weighted by Gasteiger charge is -2.19. The molecule has 4 aromatic heterocycles. The van der Waals surface area contributed by atoms with Gasteiger partial charge in [0.1, 0.15) is 5.56 Å². The lowest BCUT2D eigenvalue weighted by molar-refractivity contribution is 0.102. The van der Waals surface area contributed by atoms with E-state index >= 15 is 0 Å². The zero-order valence-corrected chi connectivity index (χ0v) is 19.4. The Labute approximate surface area is 195 Å². The minimum Gasteiger partial charge on any atom is -0.309 e. The van der Waals surface area contributed by atoms with Gasteiger partial charge in [-0.25, -0.2) is 14.5 Å². The summed E-state index contributed by atoms with van der Waals surface area (Å²) in [5.41, 5.74) is 3.68. The summed E-state index contributed by atoms with van der Waals surface area (Å²) in [6, 6.07) is 13.9. The van der Waals surface area contributed by atoms with Crippen molar-refractivity contribution in [3.05, 3.63) is 65.8 Å². The maximum atomic E-state index is 13.3. The molecule has 33 heavy (non-hydrogen) atoms. The fraction of sp³-hybridized carbons (Fsp3) is 0.250. The van der Waals surface area contributed by atoms with Crippen LogP contribution in [0.4, 0.5) is 5.95 Å². The van der Waals surface area contributed by atoms with Crippen molar-refractivity contribution >= 4 is 39.9 Å². The first-order chi connectivity index (χ1) is 16.2. The van der Waals surface area contributed by atoms with Gasteiger partial charge in [0, 0.05) is 19.3 Å². The number of hydrogen-bond donors (Lipinski definition) is 1. The average Bonchev–Trinajstić information content (AvgIpc) is 3.58. The van der Waals surface area contributed by atoms with Crippen LogP contribution in [0.3, 0.4) is 0 Å². The third kappa shape index (κ3) is 4.01. The van der Waals surface area contributed by atoms with E-state index in [2.05, 4.69) is 38.7 Å². The first-order valence-corrected chi connectivity index (χ1v) is 11.9. The largest absolute Gasteiger partial charge is 0.309 e. The van der Waals surface area contributed by atoms with Crippen molar-refractivity contribution in [3.63, 3.8) is 0 Å². The van der Waals surface area contributed by atoms with Crippen molar-refractivity contribution in [3.8, 4) is 10.6 Å². The predicted molar refractivity (Wildman–Crippen MR) is 132 cm³/mol. The number of aromatic nitrogens is 5. The molecule has 8 nitrogen and oxygen atoms in total. The molecule has 0 spiro atoms. The second kappa shape index (κ2) is 9.13. The fourth-order valence-corrected chi connectivity index (χ4v) is 4.75. The number of nitrogens with one attached hydrogen (secondary N) is 1. The Kier molecular flexibility index (Phi) is 5.89. The van der Waals surface area contributed by atoms with Gasteiger partial charge in [-0.05, 0) is 42.7 Å². The fourth-order valence-electron chi connectivity index (χ4n) is 4.01. The molecule has 9 heteroatoms. The molecule has 0 bridgehead atoms. The highest BCUT2D eigenvalue weighted by Crippen LogP contribution is 2.26. The van der Waals surface area contributed by atoms with Crippen LogP contribution >= 0.6 is 11.3 Å². The van der Waals surface area contributed by atoms with Crippen LogP contribution in [0.2, 0.25) is 0 Å². The Hall–Kier alpha value is -3.56. The molecule has 0 saturated heterocycles.